The molecule has 98 valence electrons. The summed E-state index contributed by atoms with van der Waals surface area (Å²) in [6.07, 6.45) is 1.06. The Bertz CT molecular complexity index is 668. The first-order chi connectivity index (χ1) is 9.09. The summed E-state index contributed by atoms with van der Waals surface area (Å²) in [5, 5.41) is 22.9. The molecule has 0 aliphatic carbocycles. The molecule has 0 radical (unpaired) electrons. The molecule has 0 spiro atoms. The van der Waals surface area contributed by atoms with Gasteiger partial charge in [-0.25, -0.2) is 4.98 Å². The van der Waals surface area contributed by atoms with Gasteiger partial charge < -0.3 is 15.4 Å². The Morgan fingerprint density at radius 1 is 1.42 bits per heavy atom. The summed E-state index contributed by atoms with van der Waals surface area (Å²) in [6, 6.07) is 6.13. The molecule has 0 saturated carbocycles. The smallest absolute Gasteiger partial charge is 0.278 e. The van der Waals surface area contributed by atoms with Crippen molar-refractivity contribution < 1.29 is 10.0 Å². The van der Waals surface area contributed by atoms with E-state index in [9.17, 15) is 20.0 Å². The van der Waals surface area contributed by atoms with Crippen LogP contribution in [0.5, 0.6) is 5.88 Å². The Labute approximate surface area is 106 Å². The van der Waals surface area contributed by atoms with Gasteiger partial charge in [0, 0.05) is 18.2 Å². The minimum absolute atomic E-state index is 0.0273. The maximum Gasteiger partial charge on any atom is 0.278 e. The van der Waals surface area contributed by atoms with Crippen LogP contribution in [0.15, 0.2) is 35.4 Å². The van der Waals surface area contributed by atoms with Gasteiger partial charge in [-0.3, -0.25) is 14.9 Å². The van der Waals surface area contributed by atoms with Crippen molar-refractivity contribution in [2.45, 2.75) is 6.54 Å². The maximum absolute atomic E-state index is 11.4. The summed E-state index contributed by atoms with van der Waals surface area (Å²) in [5.41, 5.74) is -0.336. The van der Waals surface area contributed by atoms with Crippen LogP contribution >= 0.6 is 0 Å². The molecule has 19 heavy (non-hydrogen) atoms. The second-order valence-electron chi connectivity index (χ2n) is 3.67. The molecule has 2 rings (SSSR count). The number of benzene rings is 1. The lowest BCUT2D eigenvalue weighted by Crippen LogP contribution is -2.14. The van der Waals surface area contributed by atoms with Crippen LogP contribution in [0.4, 0.5) is 11.4 Å². The van der Waals surface area contributed by atoms with E-state index in [0.717, 1.165) is 6.33 Å². The number of nitrogens with one attached hydrogen (secondary N) is 2. The molecule has 0 fully saturated rings. The Balaban J connectivity index is 2.24. The van der Waals surface area contributed by atoms with E-state index in [-0.39, 0.29) is 17.9 Å². The number of para-hydroxylation sites is 1. The zero-order valence-electron chi connectivity index (χ0n) is 9.66. The summed E-state index contributed by atoms with van der Waals surface area (Å²) in [4.78, 5) is 27.5. The van der Waals surface area contributed by atoms with Crippen molar-refractivity contribution in [2.24, 2.45) is 0 Å². The number of aromatic amines is 1. The van der Waals surface area contributed by atoms with Crippen LogP contribution in [0.3, 0.4) is 0 Å². The molecule has 0 aliphatic rings. The molecule has 0 bridgehead atoms. The highest BCUT2D eigenvalue weighted by atomic mass is 16.6. The molecule has 1 aromatic carbocycles. The molecule has 3 N–H and O–H groups in total. The van der Waals surface area contributed by atoms with Gasteiger partial charge in [-0.05, 0) is 0 Å². The largest absolute Gasteiger partial charge is 0.492 e. The first-order valence-electron chi connectivity index (χ1n) is 5.32. The molecule has 0 unspecified atom stereocenters. The van der Waals surface area contributed by atoms with Gasteiger partial charge in [-0.15, -0.1) is 0 Å². The highest BCUT2D eigenvalue weighted by Crippen LogP contribution is 2.20. The highest BCUT2D eigenvalue weighted by Gasteiger charge is 2.13. The van der Waals surface area contributed by atoms with Crippen molar-refractivity contribution in [1.29, 1.82) is 0 Å². The van der Waals surface area contributed by atoms with Crippen molar-refractivity contribution in [3.05, 3.63) is 56.6 Å². The van der Waals surface area contributed by atoms with E-state index in [0.29, 0.717) is 5.56 Å². The zero-order valence-corrected chi connectivity index (χ0v) is 9.66. The van der Waals surface area contributed by atoms with Crippen LogP contribution in [-0.2, 0) is 6.54 Å². The van der Waals surface area contributed by atoms with Gasteiger partial charge in [0.2, 0.25) is 5.88 Å². The van der Waals surface area contributed by atoms with Gasteiger partial charge in [0.25, 0.3) is 11.2 Å². The number of nitro benzene ring substituents is 1. The van der Waals surface area contributed by atoms with E-state index in [1.165, 1.54) is 6.07 Å². The Morgan fingerprint density at radius 3 is 2.84 bits per heavy atom. The molecule has 0 amide bonds. The van der Waals surface area contributed by atoms with Gasteiger partial charge >= 0.3 is 0 Å². The highest BCUT2D eigenvalue weighted by molar-refractivity contribution is 5.51. The summed E-state index contributed by atoms with van der Waals surface area (Å²) < 4.78 is 0. The summed E-state index contributed by atoms with van der Waals surface area (Å²) >= 11 is 0. The standard InChI is InChI=1S/C11H10N4O4/c16-10-9(11(17)14-6-13-10)12-5-7-3-1-2-4-8(7)15(18)19/h1-4,6,12H,5H2,(H2,13,14,16,17). The molecule has 1 aromatic heterocycles. The molecule has 0 saturated heterocycles. The third-order valence-corrected chi connectivity index (χ3v) is 2.48. The molecule has 1 heterocycles. The number of hydrogen-bond acceptors (Lipinski definition) is 6. The first kappa shape index (κ1) is 12.6. The van der Waals surface area contributed by atoms with Gasteiger partial charge in [-0.1, -0.05) is 18.2 Å². The number of nitro groups is 1. The van der Waals surface area contributed by atoms with E-state index >= 15 is 0 Å². The number of anilines is 1. The third-order valence-electron chi connectivity index (χ3n) is 2.48. The van der Waals surface area contributed by atoms with Crippen LogP contribution in [0.25, 0.3) is 0 Å². The number of aromatic nitrogens is 2. The molecule has 8 nitrogen and oxygen atoms in total. The van der Waals surface area contributed by atoms with Crippen LogP contribution in [-0.4, -0.2) is 20.0 Å². The van der Waals surface area contributed by atoms with Crippen LogP contribution in [0, 0.1) is 10.1 Å². The monoisotopic (exact) mass is 262 g/mol. The van der Waals surface area contributed by atoms with E-state index in [2.05, 4.69) is 15.3 Å². The second-order valence-corrected chi connectivity index (χ2v) is 3.67. The predicted molar refractivity (Wildman–Crippen MR) is 66.9 cm³/mol. The molecular weight excluding hydrogens is 252 g/mol. The fourth-order valence-electron chi connectivity index (χ4n) is 1.57. The molecule has 2 aromatic rings. The average Bonchev–Trinajstić information content (AvgIpc) is 2.38. The van der Waals surface area contributed by atoms with E-state index in [4.69, 9.17) is 0 Å². The van der Waals surface area contributed by atoms with Crippen LogP contribution < -0.4 is 10.9 Å². The van der Waals surface area contributed by atoms with Gasteiger partial charge in [0.05, 0.1) is 11.3 Å². The molecule has 0 aliphatic heterocycles. The number of rotatable bonds is 4. The molecular formula is C11H10N4O4. The van der Waals surface area contributed by atoms with E-state index in [1.807, 2.05) is 0 Å². The van der Waals surface area contributed by atoms with Crippen molar-refractivity contribution >= 4 is 11.4 Å². The number of hydrogen-bond donors (Lipinski definition) is 3. The maximum atomic E-state index is 11.4. The quantitative estimate of drug-likeness (QED) is 0.558. The minimum atomic E-state index is -0.550. The SMILES string of the molecule is O=c1[nH]cnc(O)c1NCc1ccccc1[N+](=O)[O-]. The van der Waals surface area contributed by atoms with Gasteiger partial charge in [0.15, 0.2) is 5.69 Å². The van der Waals surface area contributed by atoms with Crippen molar-refractivity contribution in [3.63, 3.8) is 0 Å². The van der Waals surface area contributed by atoms with Gasteiger partial charge in [-0.2, -0.15) is 0 Å². The fourth-order valence-corrected chi connectivity index (χ4v) is 1.57. The lowest BCUT2D eigenvalue weighted by Gasteiger charge is -2.06. The van der Waals surface area contributed by atoms with Crippen molar-refractivity contribution in [3.8, 4) is 5.88 Å². The van der Waals surface area contributed by atoms with Crippen LogP contribution in [0.1, 0.15) is 5.56 Å². The van der Waals surface area contributed by atoms with Crippen molar-refractivity contribution in [2.75, 3.05) is 5.32 Å². The number of aromatic hydroxyl groups is 1. The Hall–Kier alpha value is -2.90. The van der Waals surface area contributed by atoms with E-state index in [1.54, 1.807) is 18.2 Å². The van der Waals surface area contributed by atoms with Crippen LogP contribution in [0.2, 0.25) is 0 Å². The topological polar surface area (TPSA) is 121 Å². The number of H-pyrrole nitrogens is 1. The molecule has 8 heteroatoms. The molecule has 0 atom stereocenters. The summed E-state index contributed by atoms with van der Waals surface area (Å²) in [7, 11) is 0. The first-order valence-corrected chi connectivity index (χ1v) is 5.32. The average molecular weight is 262 g/mol. The normalized spacial score (nSPS) is 10.1. The Kier molecular flexibility index (Phi) is 3.42. The summed E-state index contributed by atoms with van der Waals surface area (Å²) in [6.45, 7) is 0.0273. The predicted octanol–water partition coefficient (Wildman–Crippen LogP) is 0.996. The zero-order chi connectivity index (χ0) is 13.8. The lowest BCUT2D eigenvalue weighted by molar-refractivity contribution is -0.385. The van der Waals surface area contributed by atoms with Crippen molar-refractivity contribution in [1.82, 2.24) is 9.97 Å². The lowest BCUT2D eigenvalue weighted by atomic mass is 10.2. The third kappa shape index (κ3) is 2.68. The van der Waals surface area contributed by atoms with E-state index < -0.39 is 16.4 Å². The second kappa shape index (κ2) is 5.17. The summed E-state index contributed by atoms with van der Waals surface area (Å²) in [5.74, 6) is -0.456. The Morgan fingerprint density at radius 2 is 2.16 bits per heavy atom. The minimum Gasteiger partial charge on any atom is -0.492 e. The van der Waals surface area contributed by atoms with Gasteiger partial charge in [0.1, 0.15) is 0 Å². The number of nitrogens with zero attached hydrogens (tertiary/aromatic N) is 2. The fraction of sp³-hybridized carbons (Fsp3) is 0.0909.